The molecule has 0 unspecified atom stereocenters. The summed E-state index contributed by atoms with van der Waals surface area (Å²) >= 11 is 6.24. The van der Waals surface area contributed by atoms with Gasteiger partial charge >= 0.3 is 7.82 Å². The molecule has 2 heterocycles. The SMILES string of the molecule is [2H]c1cccc(Cl)c1-c1cc(=O)c2c(OP(=O)(O)O)cc(O)c([C@H]3CCN(C)C[C@H]3O)c2o1. The number of piperidine rings is 1. The first kappa shape index (κ1) is 21.5. The average molecular weight is 483 g/mol. The Hall–Kier alpha value is -2.39. The van der Waals surface area contributed by atoms with Crippen molar-refractivity contribution in [1.29, 1.82) is 0 Å². The van der Waals surface area contributed by atoms with Crippen molar-refractivity contribution in [2.45, 2.75) is 18.4 Å². The summed E-state index contributed by atoms with van der Waals surface area (Å²) in [6.45, 7) is 0.895. The number of benzene rings is 2. The normalized spacial score (nSPS) is 20.3. The molecule has 9 nitrogen and oxygen atoms in total. The molecular formula is C21H21ClNO8P. The number of aliphatic hydroxyl groups excluding tert-OH is 1. The lowest BCUT2D eigenvalue weighted by Crippen LogP contribution is -2.40. The van der Waals surface area contributed by atoms with Crippen LogP contribution in [0, 0.1) is 0 Å². The number of likely N-dealkylation sites (tertiary alicyclic amines) is 1. The number of likely N-dealkylation sites (N-methyl/N-ethyl adjacent to an activating group) is 1. The van der Waals surface area contributed by atoms with Gasteiger partial charge in [0.2, 0.25) is 0 Å². The molecule has 32 heavy (non-hydrogen) atoms. The van der Waals surface area contributed by atoms with Gasteiger partial charge in [-0.1, -0.05) is 23.7 Å². The Labute approximate surface area is 189 Å². The number of nitrogens with zero attached hydrogens (tertiary/aromatic N) is 1. The number of fused-ring (bicyclic) bond motifs is 1. The monoisotopic (exact) mass is 482 g/mol. The predicted molar refractivity (Wildman–Crippen MR) is 118 cm³/mol. The molecule has 1 aliphatic rings. The molecule has 2 atom stereocenters. The molecule has 0 amide bonds. The number of hydrogen-bond acceptors (Lipinski definition) is 7. The van der Waals surface area contributed by atoms with Crippen LogP contribution in [0.15, 0.2) is 45.6 Å². The van der Waals surface area contributed by atoms with Crippen molar-refractivity contribution in [3.8, 4) is 22.8 Å². The topological polar surface area (TPSA) is 141 Å². The molecule has 0 saturated carbocycles. The third-order valence-corrected chi connectivity index (χ3v) is 6.16. The molecule has 4 rings (SSSR count). The van der Waals surface area contributed by atoms with Gasteiger partial charge in [-0.15, -0.1) is 0 Å². The highest BCUT2D eigenvalue weighted by Gasteiger charge is 2.34. The van der Waals surface area contributed by atoms with Crippen molar-refractivity contribution in [3.63, 3.8) is 0 Å². The van der Waals surface area contributed by atoms with E-state index >= 15 is 0 Å². The maximum absolute atomic E-state index is 13.1. The number of phosphoric ester groups is 1. The van der Waals surface area contributed by atoms with Gasteiger partial charge in [-0.25, -0.2) is 4.57 Å². The van der Waals surface area contributed by atoms with E-state index in [9.17, 15) is 29.4 Å². The van der Waals surface area contributed by atoms with E-state index in [4.69, 9.17) is 17.4 Å². The molecule has 11 heteroatoms. The fourth-order valence-corrected chi connectivity index (χ4v) is 4.64. The Morgan fingerprint density at radius 2 is 2.09 bits per heavy atom. The van der Waals surface area contributed by atoms with Crippen molar-refractivity contribution in [2.75, 3.05) is 20.1 Å². The van der Waals surface area contributed by atoms with Crippen LogP contribution in [0.4, 0.5) is 0 Å². The second-order valence-electron chi connectivity index (χ2n) is 7.69. The quantitative estimate of drug-likeness (QED) is 0.413. The number of aromatic hydroxyl groups is 1. The summed E-state index contributed by atoms with van der Waals surface area (Å²) in [5, 5.41) is 21.3. The molecule has 0 radical (unpaired) electrons. The summed E-state index contributed by atoms with van der Waals surface area (Å²) in [5.41, 5.74) is -0.679. The van der Waals surface area contributed by atoms with Crippen LogP contribution in [-0.4, -0.2) is 51.1 Å². The van der Waals surface area contributed by atoms with E-state index in [0.717, 1.165) is 12.1 Å². The maximum Gasteiger partial charge on any atom is 0.524 e. The van der Waals surface area contributed by atoms with Crippen LogP contribution in [0.5, 0.6) is 11.5 Å². The zero-order chi connectivity index (χ0) is 24.1. The highest BCUT2D eigenvalue weighted by Crippen LogP contribution is 2.47. The van der Waals surface area contributed by atoms with E-state index in [2.05, 4.69) is 4.52 Å². The Morgan fingerprint density at radius 3 is 2.75 bits per heavy atom. The standard InChI is InChI=1S/C21H21ClNO8P/c1-23-7-6-12(16(26)10-23)19-14(24)9-18(31-32(27,28)29)20-15(25)8-17(30-21(19)20)11-4-2-3-5-13(11)22/h2-5,8-9,12,16,24,26H,6-7,10H2,1H3,(H2,27,28,29)/t12-,16+/m0/s1/i4D. The minimum absolute atomic E-state index is 0.0160. The number of aliphatic hydroxyl groups is 1. The van der Waals surface area contributed by atoms with Gasteiger partial charge in [-0.3, -0.25) is 14.6 Å². The summed E-state index contributed by atoms with van der Waals surface area (Å²) in [6.07, 6.45) is -0.490. The molecule has 3 aromatic rings. The van der Waals surface area contributed by atoms with Crippen LogP contribution in [-0.2, 0) is 4.57 Å². The summed E-state index contributed by atoms with van der Waals surface area (Å²) in [6, 6.07) is 6.50. The fraction of sp³-hybridized carbons (Fsp3) is 0.286. The molecule has 1 fully saturated rings. The number of phosphoric acid groups is 1. The molecule has 2 aromatic carbocycles. The van der Waals surface area contributed by atoms with E-state index < -0.39 is 36.8 Å². The third kappa shape index (κ3) is 4.41. The molecular weight excluding hydrogens is 461 g/mol. The molecule has 1 aromatic heterocycles. The van der Waals surface area contributed by atoms with Crippen molar-refractivity contribution in [2.24, 2.45) is 0 Å². The number of hydrogen-bond donors (Lipinski definition) is 4. The number of phenolic OH excluding ortho intramolecular Hbond substituents is 1. The van der Waals surface area contributed by atoms with Crippen LogP contribution < -0.4 is 9.95 Å². The first-order chi connectivity index (χ1) is 15.5. The zero-order valence-electron chi connectivity index (χ0n) is 17.9. The molecule has 0 aliphatic carbocycles. The molecule has 1 aliphatic heterocycles. The summed E-state index contributed by atoms with van der Waals surface area (Å²) < 4.78 is 30.3. The number of rotatable bonds is 4. The van der Waals surface area contributed by atoms with Crippen LogP contribution in [0.25, 0.3) is 22.3 Å². The first-order valence-electron chi connectivity index (χ1n) is 10.2. The zero-order valence-corrected chi connectivity index (χ0v) is 18.5. The summed E-state index contributed by atoms with van der Waals surface area (Å²) in [4.78, 5) is 33.6. The van der Waals surface area contributed by atoms with E-state index in [-0.39, 0.29) is 38.9 Å². The van der Waals surface area contributed by atoms with Gasteiger partial charge < -0.3 is 24.1 Å². The minimum atomic E-state index is -5.08. The average Bonchev–Trinajstić information content (AvgIpc) is 2.67. The highest BCUT2D eigenvalue weighted by molar-refractivity contribution is 7.46. The lowest BCUT2D eigenvalue weighted by atomic mass is 9.85. The maximum atomic E-state index is 13.1. The lowest BCUT2D eigenvalue weighted by molar-refractivity contribution is 0.0630. The van der Waals surface area contributed by atoms with Gasteiger partial charge in [-0.05, 0) is 32.1 Å². The second kappa shape index (κ2) is 8.51. The van der Waals surface area contributed by atoms with Crippen LogP contribution in [0.3, 0.4) is 0 Å². The van der Waals surface area contributed by atoms with E-state index in [0.29, 0.717) is 19.5 Å². The van der Waals surface area contributed by atoms with Gasteiger partial charge in [0.05, 0.1) is 12.5 Å². The Bertz CT molecular complexity index is 1320. The van der Waals surface area contributed by atoms with Crippen LogP contribution >= 0.6 is 19.4 Å². The molecule has 1 saturated heterocycles. The van der Waals surface area contributed by atoms with Gasteiger partial charge in [0.15, 0.2) is 5.43 Å². The van der Waals surface area contributed by atoms with Crippen molar-refractivity contribution in [3.05, 3.63) is 57.2 Å². The summed E-state index contributed by atoms with van der Waals surface area (Å²) in [7, 11) is -3.25. The first-order valence-corrected chi connectivity index (χ1v) is 11.6. The van der Waals surface area contributed by atoms with Crippen LogP contribution in [0.1, 0.15) is 19.3 Å². The van der Waals surface area contributed by atoms with Crippen molar-refractivity contribution >= 4 is 30.4 Å². The van der Waals surface area contributed by atoms with E-state index in [1.165, 1.54) is 12.1 Å². The van der Waals surface area contributed by atoms with Gasteiger partial charge in [0.1, 0.15) is 28.2 Å². The molecule has 0 spiro atoms. The minimum Gasteiger partial charge on any atom is -0.507 e. The number of halogens is 1. The highest BCUT2D eigenvalue weighted by atomic mass is 35.5. The summed E-state index contributed by atoms with van der Waals surface area (Å²) in [5.74, 6) is -1.72. The smallest absolute Gasteiger partial charge is 0.507 e. The Balaban J connectivity index is 2.05. The Kier molecular flexibility index (Phi) is 5.71. The van der Waals surface area contributed by atoms with E-state index in [1.54, 1.807) is 6.07 Å². The predicted octanol–water partition coefficient (Wildman–Crippen LogP) is 3.07. The Morgan fingerprint density at radius 1 is 1.34 bits per heavy atom. The fourth-order valence-electron chi connectivity index (χ4n) is 4.02. The number of β-amino-alcohol motifs (C(OH)–C–C–N with tert-alkyl or cyclic N) is 1. The van der Waals surface area contributed by atoms with Crippen LogP contribution in [0.2, 0.25) is 5.02 Å². The third-order valence-electron chi connectivity index (χ3n) is 5.41. The van der Waals surface area contributed by atoms with Gasteiger partial charge in [0.25, 0.3) is 0 Å². The largest absolute Gasteiger partial charge is 0.524 e. The molecule has 170 valence electrons. The molecule has 4 N–H and O–H groups in total. The molecule has 0 bridgehead atoms. The second-order valence-corrected chi connectivity index (χ2v) is 9.26. The van der Waals surface area contributed by atoms with E-state index in [1.807, 2.05) is 11.9 Å². The van der Waals surface area contributed by atoms with Gasteiger partial charge in [0, 0.05) is 35.7 Å². The van der Waals surface area contributed by atoms with Crippen molar-refractivity contribution in [1.82, 2.24) is 4.90 Å². The lowest BCUT2D eigenvalue weighted by Gasteiger charge is -2.34. The van der Waals surface area contributed by atoms with Gasteiger partial charge in [-0.2, -0.15) is 0 Å². The van der Waals surface area contributed by atoms with Crippen molar-refractivity contribution < 1.29 is 34.9 Å². The number of phenols is 1.